The molecule has 0 aliphatic carbocycles. The number of carboxylic acids is 1. The Morgan fingerprint density at radius 2 is 1.89 bits per heavy atom. The molecule has 19 heavy (non-hydrogen) atoms. The minimum Gasteiger partial charge on any atom is -0.481 e. The Labute approximate surface area is 116 Å². The van der Waals surface area contributed by atoms with E-state index >= 15 is 0 Å². The molecule has 1 aromatic rings. The Bertz CT molecular complexity index is 364. The van der Waals surface area contributed by atoms with Crippen LogP contribution >= 0.6 is 0 Å². The minimum atomic E-state index is -0.690. The maximum Gasteiger partial charge on any atom is 0.306 e. The molecule has 0 fully saturated rings. The van der Waals surface area contributed by atoms with Crippen LogP contribution < -0.4 is 5.32 Å². The van der Waals surface area contributed by atoms with Crippen LogP contribution in [-0.4, -0.2) is 23.7 Å². The molecule has 3 heteroatoms. The highest BCUT2D eigenvalue weighted by Crippen LogP contribution is 2.09. The maximum atomic E-state index is 10.7. The first kappa shape index (κ1) is 15.7. The van der Waals surface area contributed by atoms with Crippen molar-refractivity contribution in [3.63, 3.8) is 0 Å². The number of carboxylic acid groups (broad SMARTS) is 1. The van der Waals surface area contributed by atoms with Crippen LogP contribution in [0.5, 0.6) is 0 Å². The third kappa shape index (κ3) is 6.97. The van der Waals surface area contributed by atoms with E-state index in [-0.39, 0.29) is 5.92 Å². The van der Waals surface area contributed by atoms with E-state index in [1.807, 2.05) is 6.07 Å². The molecule has 0 aliphatic heterocycles. The Morgan fingerprint density at radius 1 is 1.21 bits per heavy atom. The third-order valence-corrected chi connectivity index (χ3v) is 3.45. The molecule has 0 saturated carbocycles. The van der Waals surface area contributed by atoms with Gasteiger partial charge in [0.15, 0.2) is 0 Å². The van der Waals surface area contributed by atoms with Gasteiger partial charge in [-0.2, -0.15) is 0 Å². The summed E-state index contributed by atoms with van der Waals surface area (Å²) >= 11 is 0. The molecule has 1 aromatic carbocycles. The van der Waals surface area contributed by atoms with Gasteiger partial charge in [0.1, 0.15) is 0 Å². The highest BCUT2D eigenvalue weighted by Gasteiger charge is 2.10. The Hall–Kier alpha value is -1.35. The molecule has 3 nitrogen and oxygen atoms in total. The molecule has 0 amide bonds. The lowest BCUT2D eigenvalue weighted by Gasteiger charge is -2.14. The summed E-state index contributed by atoms with van der Waals surface area (Å²) in [5.41, 5.74) is 1.35. The lowest BCUT2D eigenvalue weighted by molar-refractivity contribution is -0.141. The zero-order valence-corrected chi connectivity index (χ0v) is 11.9. The SMILES string of the molecule is CC(CCCC(C)C(=O)O)NCCc1ccccc1. The zero-order valence-electron chi connectivity index (χ0n) is 11.9. The second kappa shape index (κ2) is 8.70. The van der Waals surface area contributed by atoms with Gasteiger partial charge in [0, 0.05) is 6.04 Å². The summed E-state index contributed by atoms with van der Waals surface area (Å²) in [4.78, 5) is 10.7. The van der Waals surface area contributed by atoms with Gasteiger partial charge in [0.2, 0.25) is 0 Å². The Morgan fingerprint density at radius 3 is 2.53 bits per heavy atom. The van der Waals surface area contributed by atoms with E-state index in [1.54, 1.807) is 6.92 Å². The van der Waals surface area contributed by atoms with E-state index in [2.05, 4.69) is 36.5 Å². The summed E-state index contributed by atoms with van der Waals surface area (Å²) in [6.07, 6.45) is 3.80. The van der Waals surface area contributed by atoms with Gasteiger partial charge in [-0.3, -0.25) is 4.79 Å². The van der Waals surface area contributed by atoms with Crippen LogP contribution in [0.25, 0.3) is 0 Å². The van der Waals surface area contributed by atoms with Gasteiger partial charge < -0.3 is 10.4 Å². The molecule has 0 saturated heterocycles. The van der Waals surface area contributed by atoms with Gasteiger partial charge >= 0.3 is 5.97 Å². The standard InChI is InChI=1S/C16H25NO2/c1-13(16(18)19)7-6-8-14(2)17-12-11-15-9-4-3-5-10-15/h3-5,9-10,13-14,17H,6-8,11-12H2,1-2H3,(H,18,19). The topological polar surface area (TPSA) is 49.3 Å². The van der Waals surface area contributed by atoms with Crippen molar-refractivity contribution < 1.29 is 9.90 Å². The quantitative estimate of drug-likeness (QED) is 0.719. The fraction of sp³-hybridized carbons (Fsp3) is 0.562. The fourth-order valence-corrected chi connectivity index (χ4v) is 2.06. The van der Waals surface area contributed by atoms with Gasteiger partial charge in [-0.15, -0.1) is 0 Å². The first-order chi connectivity index (χ1) is 9.09. The van der Waals surface area contributed by atoms with Crippen LogP contribution in [0.2, 0.25) is 0 Å². The first-order valence-electron chi connectivity index (χ1n) is 7.09. The molecule has 106 valence electrons. The van der Waals surface area contributed by atoms with Gasteiger partial charge in [-0.25, -0.2) is 0 Å². The van der Waals surface area contributed by atoms with Gasteiger partial charge in [-0.05, 0) is 38.3 Å². The van der Waals surface area contributed by atoms with Crippen molar-refractivity contribution in [2.45, 2.75) is 45.6 Å². The maximum absolute atomic E-state index is 10.7. The normalized spacial score (nSPS) is 14.0. The molecule has 2 atom stereocenters. The van der Waals surface area contributed by atoms with E-state index in [1.165, 1.54) is 5.56 Å². The highest BCUT2D eigenvalue weighted by atomic mass is 16.4. The van der Waals surface area contributed by atoms with Crippen LogP contribution in [0, 0.1) is 5.92 Å². The average molecular weight is 263 g/mol. The second-order valence-electron chi connectivity index (χ2n) is 5.26. The minimum absolute atomic E-state index is 0.225. The predicted molar refractivity (Wildman–Crippen MR) is 78.3 cm³/mol. The van der Waals surface area contributed by atoms with Crippen LogP contribution in [-0.2, 0) is 11.2 Å². The summed E-state index contributed by atoms with van der Waals surface area (Å²) < 4.78 is 0. The van der Waals surface area contributed by atoms with Gasteiger partial charge in [0.25, 0.3) is 0 Å². The van der Waals surface area contributed by atoms with E-state index < -0.39 is 5.97 Å². The summed E-state index contributed by atoms with van der Waals surface area (Å²) in [7, 11) is 0. The number of carbonyl (C=O) groups is 1. The van der Waals surface area contributed by atoms with Gasteiger partial charge in [-0.1, -0.05) is 43.7 Å². The van der Waals surface area contributed by atoms with Crippen molar-refractivity contribution in [3.05, 3.63) is 35.9 Å². The number of rotatable bonds is 9. The molecule has 0 spiro atoms. The predicted octanol–water partition coefficient (Wildman–Crippen LogP) is 3.10. The van der Waals surface area contributed by atoms with Crippen LogP contribution in [0.3, 0.4) is 0 Å². The van der Waals surface area contributed by atoms with Crippen molar-refractivity contribution in [3.8, 4) is 0 Å². The van der Waals surface area contributed by atoms with Crippen molar-refractivity contribution in [1.29, 1.82) is 0 Å². The molecule has 0 bridgehead atoms. The molecule has 1 rings (SSSR count). The lowest BCUT2D eigenvalue weighted by atomic mass is 10.0. The molecule has 2 N–H and O–H groups in total. The second-order valence-corrected chi connectivity index (χ2v) is 5.26. The molecule has 0 heterocycles. The smallest absolute Gasteiger partial charge is 0.306 e. The van der Waals surface area contributed by atoms with Crippen LogP contribution in [0.4, 0.5) is 0 Å². The largest absolute Gasteiger partial charge is 0.481 e. The fourth-order valence-electron chi connectivity index (χ4n) is 2.06. The van der Waals surface area contributed by atoms with Crippen molar-refractivity contribution in [2.75, 3.05) is 6.54 Å². The number of aliphatic carboxylic acids is 1. The number of hydrogen-bond donors (Lipinski definition) is 2. The number of benzene rings is 1. The van der Waals surface area contributed by atoms with Gasteiger partial charge in [0.05, 0.1) is 5.92 Å². The molecular formula is C16H25NO2. The number of nitrogens with one attached hydrogen (secondary N) is 1. The monoisotopic (exact) mass is 263 g/mol. The molecular weight excluding hydrogens is 238 g/mol. The zero-order chi connectivity index (χ0) is 14.1. The molecule has 2 unspecified atom stereocenters. The van der Waals surface area contributed by atoms with E-state index in [9.17, 15) is 4.79 Å². The van der Waals surface area contributed by atoms with E-state index in [0.717, 1.165) is 32.2 Å². The average Bonchev–Trinajstić information content (AvgIpc) is 2.39. The van der Waals surface area contributed by atoms with E-state index in [4.69, 9.17) is 5.11 Å². The summed E-state index contributed by atoms with van der Waals surface area (Å²) in [6, 6.07) is 10.9. The Balaban J connectivity index is 2.08. The number of hydrogen-bond acceptors (Lipinski definition) is 2. The van der Waals surface area contributed by atoms with Crippen molar-refractivity contribution >= 4 is 5.97 Å². The Kier molecular flexibility index (Phi) is 7.19. The molecule has 0 aromatic heterocycles. The lowest BCUT2D eigenvalue weighted by Crippen LogP contribution is -2.28. The van der Waals surface area contributed by atoms with Crippen LogP contribution in [0.1, 0.15) is 38.7 Å². The third-order valence-electron chi connectivity index (χ3n) is 3.45. The van der Waals surface area contributed by atoms with Crippen molar-refractivity contribution in [2.24, 2.45) is 5.92 Å². The van der Waals surface area contributed by atoms with E-state index in [0.29, 0.717) is 6.04 Å². The summed E-state index contributed by atoms with van der Waals surface area (Å²) in [5, 5.41) is 12.3. The van der Waals surface area contributed by atoms with Crippen molar-refractivity contribution in [1.82, 2.24) is 5.32 Å². The van der Waals surface area contributed by atoms with Crippen LogP contribution in [0.15, 0.2) is 30.3 Å². The summed E-state index contributed by atoms with van der Waals surface area (Å²) in [5.74, 6) is -0.916. The first-order valence-corrected chi connectivity index (χ1v) is 7.09. The summed E-state index contributed by atoms with van der Waals surface area (Å²) in [6.45, 7) is 4.91. The molecule has 0 aliphatic rings. The molecule has 0 radical (unpaired) electrons. The highest BCUT2D eigenvalue weighted by molar-refractivity contribution is 5.69.